The number of nitrogens with one attached hydrogen (secondary N) is 1. The minimum atomic E-state index is -0.344. The molecule has 3 aromatic rings. The molecular formula is C22H22FN5O2. The van der Waals surface area contributed by atoms with Gasteiger partial charge in [0.25, 0.3) is 5.91 Å². The van der Waals surface area contributed by atoms with Gasteiger partial charge in [-0.1, -0.05) is 0 Å². The van der Waals surface area contributed by atoms with Crippen LogP contribution < -0.4 is 5.32 Å². The number of hydrogen-bond donors (Lipinski definition) is 1. The number of benzene rings is 1. The van der Waals surface area contributed by atoms with Crippen molar-refractivity contribution in [1.29, 1.82) is 0 Å². The normalized spacial score (nSPS) is 13.6. The number of aromatic nitrogens is 3. The summed E-state index contributed by atoms with van der Waals surface area (Å²) in [5.41, 5.74) is 2.38. The Bertz CT molecular complexity index is 1030. The Morgan fingerprint density at radius 3 is 2.73 bits per heavy atom. The monoisotopic (exact) mass is 407 g/mol. The second kappa shape index (κ2) is 8.86. The van der Waals surface area contributed by atoms with Crippen molar-refractivity contribution in [1.82, 2.24) is 25.0 Å². The van der Waals surface area contributed by atoms with Crippen LogP contribution in [0.2, 0.25) is 0 Å². The van der Waals surface area contributed by atoms with E-state index in [9.17, 15) is 14.0 Å². The van der Waals surface area contributed by atoms with Gasteiger partial charge in [-0.15, -0.1) is 0 Å². The van der Waals surface area contributed by atoms with Crippen molar-refractivity contribution in [2.75, 3.05) is 19.6 Å². The third-order valence-corrected chi connectivity index (χ3v) is 5.03. The van der Waals surface area contributed by atoms with Crippen molar-refractivity contribution in [3.05, 3.63) is 66.4 Å². The number of likely N-dealkylation sites (tertiary alicyclic amines) is 1. The Kier molecular flexibility index (Phi) is 5.83. The van der Waals surface area contributed by atoms with Crippen LogP contribution in [0.4, 0.5) is 4.39 Å². The second-order valence-corrected chi connectivity index (χ2v) is 7.14. The molecule has 0 bridgehead atoms. The van der Waals surface area contributed by atoms with E-state index < -0.39 is 0 Å². The second-order valence-electron chi connectivity index (χ2n) is 7.14. The van der Waals surface area contributed by atoms with Crippen LogP contribution in [0.3, 0.4) is 0 Å². The number of hydrogen-bond acceptors (Lipinski definition) is 4. The van der Waals surface area contributed by atoms with Crippen LogP contribution in [0, 0.1) is 5.82 Å². The summed E-state index contributed by atoms with van der Waals surface area (Å²) in [6.07, 6.45) is 5.56. The van der Waals surface area contributed by atoms with Gasteiger partial charge < -0.3 is 10.2 Å². The minimum absolute atomic E-state index is 0.181. The first-order chi connectivity index (χ1) is 14.6. The van der Waals surface area contributed by atoms with E-state index in [4.69, 9.17) is 0 Å². The van der Waals surface area contributed by atoms with Gasteiger partial charge in [0.1, 0.15) is 5.82 Å². The van der Waals surface area contributed by atoms with E-state index in [0.29, 0.717) is 37.3 Å². The highest BCUT2D eigenvalue weighted by molar-refractivity contribution is 5.93. The van der Waals surface area contributed by atoms with E-state index in [1.165, 1.54) is 12.1 Å². The number of halogens is 1. The van der Waals surface area contributed by atoms with E-state index in [1.807, 2.05) is 11.0 Å². The van der Waals surface area contributed by atoms with Crippen LogP contribution in [-0.4, -0.2) is 51.1 Å². The van der Waals surface area contributed by atoms with Gasteiger partial charge in [-0.05, 0) is 55.3 Å². The van der Waals surface area contributed by atoms with Gasteiger partial charge in [-0.25, -0.2) is 9.07 Å². The van der Waals surface area contributed by atoms with Crippen LogP contribution in [0.1, 0.15) is 29.8 Å². The Morgan fingerprint density at radius 2 is 2.03 bits per heavy atom. The zero-order chi connectivity index (χ0) is 20.9. The van der Waals surface area contributed by atoms with E-state index in [1.54, 1.807) is 41.3 Å². The fourth-order valence-corrected chi connectivity index (χ4v) is 3.49. The quantitative estimate of drug-likeness (QED) is 0.611. The van der Waals surface area contributed by atoms with E-state index >= 15 is 0 Å². The van der Waals surface area contributed by atoms with E-state index in [-0.39, 0.29) is 23.3 Å². The zero-order valence-corrected chi connectivity index (χ0v) is 16.4. The largest absolute Gasteiger partial charge is 0.351 e. The maximum absolute atomic E-state index is 13.3. The number of carbonyl (C=O) groups is 2. The van der Waals surface area contributed by atoms with Gasteiger partial charge in [0.05, 0.1) is 11.4 Å². The first-order valence-electron chi connectivity index (χ1n) is 9.94. The van der Waals surface area contributed by atoms with Crippen LogP contribution in [-0.2, 0) is 4.79 Å². The Balaban J connectivity index is 1.49. The van der Waals surface area contributed by atoms with E-state index in [0.717, 1.165) is 18.5 Å². The van der Waals surface area contributed by atoms with Crippen molar-refractivity contribution >= 4 is 11.8 Å². The average molecular weight is 407 g/mol. The molecule has 2 aromatic heterocycles. The number of amides is 2. The highest BCUT2D eigenvalue weighted by atomic mass is 19.1. The third-order valence-electron chi connectivity index (χ3n) is 5.03. The van der Waals surface area contributed by atoms with Crippen LogP contribution >= 0.6 is 0 Å². The number of pyridine rings is 1. The summed E-state index contributed by atoms with van der Waals surface area (Å²) in [4.78, 5) is 30.3. The first-order valence-corrected chi connectivity index (χ1v) is 9.94. The lowest BCUT2D eigenvalue weighted by atomic mass is 10.2. The molecule has 1 saturated heterocycles. The Labute approximate surface area is 173 Å². The van der Waals surface area contributed by atoms with Crippen molar-refractivity contribution in [3.8, 4) is 16.9 Å². The summed E-state index contributed by atoms with van der Waals surface area (Å²) >= 11 is 0. The summed E-state index contributed by atoms with van der Waals surface area (Å²) < 4.78 is 14.9. The molecule has 7 nitrogen and oxygen atoms in total. The molecule has 4 rings (SSSR count). The van der Waals surface area contributed by atoms with E-state index in [2.05, 4.69) is 15.4 Å². The van der Waals surface area contributed by atoms with Gasteiger partial charge >= 0.3 is 0 Å². The van der Waals surface area contributed by atoms with Crippen molar-refractivity contribution in [2.45, 2.75) is 19.3 Å². The lowest BCUT2D eigenvalue weighted by Crippen LogP contribution is -2.30. The summed E-state index contributed by atoms with van der Waals surface area (Å²) in [6.45, 7) is 1.89. The molecule has 2 amide bonds. The first kappa shape index (κ1) is 19.8. The lowest BCUT2D eigenvalue weighted by Gasteiger charge is -2.14. The predicted octanol–water partition coefficient (Wildman–Crippen LogP) is 2.82. The fourth-order valence-electron chi connectivity index (χ4n) is 3.49. The molecule has 30 heavy (non-hydrogen) atoms. The van der Waals surface area contributed by atoms with Crippen molar-refractivity contribution in [2.24, 2.45) is 0 Å². The van der Waals surface area contributed by atoms with Gasteiger partial charge in [0.2, 0.25) is 5.91 Å². The number of carbonyl (C=O) groups excluding carboxylic acids is 2. The standard InChI is InChI=1S/C22H22FN5O2/c23-17-6-8-18(9-7-17)28-20(16-4-1-10-24-15-16)14-19(26-28)22(30)25-11-3-13-27-12-2-5-21(27)29/h1,4,6-10,14-15H,2-3,5,11-13H2,(H,25,30). The average Bonchev–Trinajstić information content (AvgIpc) is 3.39. The third kappa shape index (κ3) is 4.37. The fraction of sp³-hybridized carbons (Fsp3) is 0.273. The SMILES string of the molecule is O=C(NCCCN1CCCC1=O)c1cc(-c2cccnc2)n(-c2ccc(F)cc2)n1. The molecule has 0 saturated carbocycles. The molecular weight excluding hydrogens is 385 g/mol. The molecule has 3 heterocycles. The van der Waals surface area contributed by atoms with Gasteiger partial charge in [0, 0.05) is 44.0 Å². The maximum Gasteiger partial charge on any atom is 0.271 e. The zero-order valence-electron chi connectivity index (χ0n) is 16.4. The smallest absolute Gasteiger partial charge is 0.271 e. The molecule has 8 heteroatoms. The van der Waals surface area contributed by atoms with Gasteiger partial charge in [0.15, 0.2) is 5.69 Å². The minimum Gasteiger partial charge on any atom is -0.351 e. The molecule has 0 spiro atoms. The molecule has 0 unspecified atom stereocenters. The van der Waals surface area contributed by atoms with Crippen LogP contribution in [0.5, 0.6) is 0 Å². The van der Waals surface area contributed by atoms with Crippen molar-refractivity contribution in [3.63, 3.8) is 0 Å². The number of nitrogens with zero attached hydrogens (tertiary/aromatic N) is 4. The van der Waals surface area contributed by atoms with Gasteiger partial charge in [-0.2, -0.15) is 5.10 Å². The van der Waals surface area contributed by atoms with Crippen LogP contribution in [0.25, 0.3) is 16.9 Å². The lowest BCUT2D eigenvalue weighted by molar-refractivity contribution is -0.127. The molecule has 1 fully saturated rings. The molecule has 1 aliphatic rings. The molecule has 0 radical (unpaired) electrons. The summed E-state index contributed by atoms with van der Waals surface area (Å²) in [5, 5.41) is 7.31. The highest BCUT2D eigenvalue weighted by Gasteiger charge is 2.20. The Hall–Kier alpha value is -3.55. The predicted molar refractivity (Wildman–Crippen MR) is 110 cm³/mol. The molecule has 0 atom stereocenters. The molecule has 1 aromatic carbocycles. The summed E-state index contributed by atoms with van der Waals surface area (Å²) in [7, 11) is 0. The Morgan fingerprint density at radius 1 is 1.20 bits per heavy atom. The number of rotatable bonds is 7. The molecule has 1 N–H and O–H groups in total. The van der Waals surface area contributed by atoms with Gasteiger partial charge in [-0.3, -0.25) is 14.6 Å². The molecule has 154 valence electrons. The maximum atomic E-state index is 13.3. The molecule has 0 aliphatic carbocycles. The van der Waals surface area contributed by atoms with Crippen molar-refractivity contribution < 1.29 is 14.0 Å². The highest BCUT2D eigenvalue weighted by Crippen LogP contribution is 2.23. The molecule has 1 aliphatic heterocycles. The topological polar surface area (TPSA) is 80.1 Å². The summed E-state index contributed by atoms with van der Waals surface area (Å²) in [6, 6.07) is 11.3. The summed E-state index contributed by atoms with van der Waals surface area (Å²) in [5.74, 6) is -0.461. The van der Waals surface area contributed by atoms with Crippen LogP contribution in [0.15, 0.2) is 54.9 Å².